The number of hydrogen-bond acceptors (Lipinski definition) is 4. The molecule has 0 spiro atoms. The van der Waals surface area contributed by atoms with Gasteiger partial charge in [-0.05, 0) is 80.5 Å². The summed E-state index contributed by atoms with van der Waals surface area (Å²) in [5, 5.41) is 6.12. The van der Waals surface area contributed by atoms with Gasteiger partial charge in [-0.25, -0.2) is 0 Å². The Morgan fingerprint density at radius 1 is 0.897 bits per heavy atom. The molecule has 5 aliphatic rings. The minimum Gasteiger partial charge on any atom is -0.379 e. The van der Waals surface area contributed by atoms with E-state index in [0.29, 0.717) is 19.8 Å². The molecule has 0 radical (unpaired) electrons. The molecule has 0 aromatic heterocycles. The van der Waals surface area contributed by atoms with E-state index in [1.165, 1.54) is 19.3 Å². The average molecular weight is 398 g/mol. The van der Waals surface area contributed by atoms with Gasteiger partial charge in [0.25, 0.3) is 0 Å². The lowest BCUT2D eigenvalue weighted by Gasteiger charge is -2.55. The number of morpholine rings is 1. The van der Waals surface area contributed by atoms with Crippen molar-refractivity contribution < 1.29 is 14.3 Å². The molecule has 6 rings (SSSR count). The van der Waals surface area contributed by atoms with Gasteiger partial charge in [0.2, 0.25) is 11.8 Å². The first-order chi connectivity index (χ1) is 14.1. The summed E-state index contributed by atoms with van der Waals surface area (Å²) in [6.45, 7) is 3.34. The lowest BCUT2D eigenvalue weighted by atomic mass is 9.49. The summed E-state index contributed by atoms with van der Waals surface area (Å²) in [5.41, 5.74) is 1.44. The molecule has 29 heavy (non-hydrogen) atoms. The lowest BCUT2D eigenvalue weighted by Crippen LogP contribution is -2.51. The van der Waals surface area contributed by atoms with Crippen LogP contribution < -0.4 is 10.6 Å². The molecule has 1 aliphatic heterocycles. The Morgan fingerprint density at radius 2 is 1.41 bits per heavy atom. The van der Waals surface area contributed by atoms with E-state index in [2.05, 4.69) is 15.5 Å². The summed E-state index contributed by atoms with van der Waals surface area (Å²) in [4.78, 5) is 27.5. The highest BCUT2D eigenvalue weighted by Gasteiger charge is 2.54. The van der Waals surface area contributed by atoms with E-state index in [1.54, 1.807) is 0 Å². The van der Waals surface area contributed by atoms with E-state index < -0.39 is 0 Å². The van der Waals surface area contributed by atoms with E-state index >= 15 is 0 Å². The molecule has 156 valence electrons. The van der Waals surface area contributed by atoms with Gasteiger partial charge in [0, 0.05) is 24.5 Å². The van der Waals surface area contributed by atoms with E-state index in [-0.39, 0.29) is 17.2 Å². The number of anilines is 2. The highest BCUT2D eigenvalue weighted by molar-refractivity contribution is 5.96. The number of carbonyl (C=O) groups excluding carboxylic acids is 2. The van der Waals surface area contributed by atoms with Gasteiger partial charge in [0.15, 0.2) is 0 Å². The van der Waals surface area contributed by atoms with Gasteiger partial charge in [0.1, 0.15) is 0 Å². The first-order valence-electron chi connectivity index (χ1n) is 11.1. The second kappa shape index (κ2) is 7.73. The van der Waals surface area contributed by atoms with Crippen molar-refractivity contribution in [2.24, 2.45) is 23.2 Å². The van der Waals surface area contributed by atoms with Crippen LogP contribution in [0.4, 0.5) is 11.4 Å². The van der Waals surface area contributed by atoms with E-state index in [1.807, 2.05) is 24.3 Å². The van der Waals surface area contributed by atoms with Gasteiger partial charge < -0.3 is 15.4 Å². The van der Waals surface area contributed by atoms with Crippen molar-refractivity contribution in [2.75, 3.05) is 43.5 Å². The summed E-state index contributed by atoms with van der Waals surface area (Å²) in [6.07, 6.45) is 7.23. The molecular weight excluding hydrogens is 366 g/mol. The predicted molar refractivity (Wildman–Crippen MR) is 112 cm³/mol. The minimum atomic E-state index is -0.139. The van der Waals surface area contributed by atoms with Crippen molar-refractivity contribution in [2.45, 2.75) is 38.5 Å². The third-order valence-corrected chi connectivity index (χ3v) is 7.42. The third kappa shape index (κ3) is 4.05. The van der Waals surface area contributed by atoms with Crippen molar-refractivity contribution in [3.63, 3.8) is 0 Å². The molecule has 4 saturated carbocycles. The van der Waals surface area contributed by atoms with E-state index in [4.69, 9.17) is 4.74 Å². The van der Waals surface area contributed by atoms with Crippen LogP contribution in [0.1, 0.15) is 38.5 Å². The summed E-state index contributed by atoms with van der Waals surface area (Å²) in [6, 6.07) is 7.52. The Balaban J connectivity index is 1.16. The van der Waals surface area contributed by atoms with Crippen LogP contribution in [0.3, 0.4) is 0 Å². The minimum absolute atomic E-state index is 0.0164. The Bertz CT molecular complexity index is 735. The van der Waals surface area contributed by atoms with Crippen LogP contribution in [0.25, 0.3) is 0 Å². The van der Waals surface area contributed by atoms with E-state index in [0.717, 1.165) is 61.5 Å². The number of benzene rings is 1. The lowest BCUT2D eigenvalue weighted by molar-refractivity contribution is -0.140. The molecule has 0 atom stereocenters. The van der Waals surface area contributed by atoms with Crippen LogP contribution in [0.2, 0.25) is 0 Å². The fourth-order valence-electron chi connectivity index (χ4n) is 6.45. The normalized spacial score (nSPS) is 33.4. The maximum absolute atomic E-state index is 13.2. The molecule has 1 aromatic carbocycles. The van der Waals surface area contributed by atoms with Crippen LogP contribution in [-0.2, 0) is 14.3 Å². The van der Waals surface area contributed by atoms with Crippen molar-refractivity contribution in [1.82, 2.24) is 4.90 Å². The zero-order chi connectivity index (χ0) is 19.8. The largest absolute Gasteiger partial charge is 0.379 e. The van der Waals surface area contributed by atoms with E-state index in [9.17, 15) is 9.59 Å². The van der Waals surface area contributed by atoms with Crippen LogP contribution in [0.5, 0.6) is 0 Å². The third-order valence-electron chi connectivity index (χ3n) is 7.42. The summed E-state index contributed by atoms with van der Waals surface area (Å²) in [5.74, 6) is 2.47. The maximum atomic E-state index is 13.2. The fraction of sp³-hybridized carbons (Fsp3) is 0.652. The van der Waals surface area contributed by atoms with Gasteiger partial charge >= 0.3 is 0 Å². The highest BCUT2D eigenvalue weighted by Crippen LogP contribution is 2.60. The van der Waals surface area contributed by atoms with Crippen LogP contribution >= 0.6 is 0 Å². The predicted octanol–water partition coefficient (Wildman–Crippen LogP) is 3.11. The molecule has 2 N–H and O–H groups in total. The number of carbonyl (C=O) groups is 2. The Morgan fingerprint density at radius 3 is 1.97 bits per heavy atom. The van der Waals surface area contributed by atoms with Crippen LogP contribution in [0.15, 0.2) is 24.3 Å². The van der Waals surface area contributed by atoms with Gasteiger partial charge in [-0.2, -0.15) is 0 Å². The quantitative estimate of drug-likeness (QED) is 0.801. The number of ether oxygens (including phenoxy) is 1. The van der Waals surface area contributed by atoms with Crippen LogP contribution in [0, 0.1) is 23.2 Å². The van der Waals surface area contributed by atoms with Crippen molar-refractivity contribution in [3.8, 4) is 0 Å². The standard InChI is InChI=1S/C23H31N3O3/c27-21(15-26-5-7-29-8-6-26)24-19-1-3-20(4-2-19)25-22(28)23-12-16-9-17(13-23)11-18(10-16)14-23/h1-4,16-18H,5-15H2,(H,24,27)(H,25,28). The summed E-state index contributed by atoms with van der Waals surface area (Å²) < 4.78 is 5.31. The smallest absolute Gasteiger partial charge is 0.238 e. The molecule has 1 heterocycles. The number of nitrogens with one attached hydrogen (secondary N) is 2. The van der Waals surface area contributed by atoms with Gasteiger partial charge in [-0.15, -0.1) is 0 Å². The Labute approximate surface area is 172 Å². The first kappa shape index (κ1) is 19.1. The topological polar surface area (TPSA) is 70.7 Å². The number of nitrogens with zero attached hydrogens (tertiary/aromatic N) is 1. The molecule has 6 nitrogen and oxygen atoms in total. The zero-order valence-electron chi connectivity index (χ0n) is 17.0. The number of amides is 2. The monoisotopic (exact) mass is 397 g/mol. The summed E-state index contributed by atoms with van der Waals surface area (Å²) >= 11 is 0. The second-order valence-corrected chi connectivity index (χ2v) is 9.67. The fourth-order valence-corrected chi connectivity index (χ4v) is 6.45. The number of hydrogen-bond donors (Lipinski definition) is 2. The molecule has 5 fully saturated rings. The molecular formula is C23H31N3O3. The molecule has 1 saturated heterocycles. The molecule has 1 aromatic rings. The van der Waals surface area contributed by atoms with Gasteiger partial charge in [0.05, 0.1) is 25.2 Å². The Hall–Kier alpha value is -1.92. The zero-order valence-corrected chi connectivity index (χ0v) is 17.0. The Kier molecular flexibility index (Phi) is 5.08. The molecule has 4 bridgehead atoms. The van der Waals surface area contributed by atoms with Gasteiger partial charge in [-0.1, -0.05) is 0 Å². The SMILES string of the molecule is O=C(CN1CCOCC1)Nc1ccc(NC(=O)C23CC4CC(CC(C4)C2)C3)cc1. The average Bonchev–Trinajstić information content (AvgIpc) is 2.69. The first-order valence-corrected chi connectivity index (χ1v) is 11.1. The molecule has 2 amide bonds. The molecule has 4 aliphatic carbocycles. The molecule has 0 unspecified atom stereocenters. The van der Waals surface area contributed by atoms with Gasteiger partial charge in [-0.3, -0.25) is 14.5 Å². The highest BCUT2D eigenvalue weighted by atomic mass is 16.5. The second-order valence-electron chi connectivity index (χ2n) is 9.67. The summed E-state index contributed by atoms with van der Waals surface area (Å²) in [7, 11) is 0. The van der Waals surface area contributed by atoms with Crippen molar-refractivity contribution in [3.05, 3.63) is 24.3 Å². The van der Waals surface area contributed by atoms with Crippen LogP contribution in [-0.4, -0.2) is 49.6 Å². The maximum Gasteiger partial charge on any atom is 0.238 e. The van der Waals surface area contributed by atoms with Crippen molar-refractivity contribution >= 4 is 23.2 Å². The molecule has 6 heteroatoms. The number of rotatable bonds is 5. The van der Waals surface area contributed by atoms with Crippen molar-refractivity contribution in [1.29, 1.82) is 0 Å².